The van der Waals surface area contributed by atoms with Crippen LogP contribution >= 0.6 is 0 Å². The molecule has 0 aliphatic heterocycles. The Hall–Kier alpha value is -2.56. The molecule has 1 heterocycles. The Morgan fingerprint density at radius 3 is 2.50 bits per heavy atom. The van der Waals surface area contributed by atoms with Crippen LogP contribution in [0.3, 0.4) is 0 Å². The number of carbonyl (C=O) groups is 1. The maximum atomic E-state index is 12.1. The van der Waals surface area contributed by atoms with Crippen LogP contribution < -0.4 is 16.5 Å². The molecule has 5 heteroatoms. The third-order valence-electron chi connectivity index (χ3n) is 3.16. The minimum Gasteiger partial charge on any atom is -0.399 e. The molecule has 2 rings (SSSR count). The Kier molecular flexibility index (Phi) is 3.61. The average Bonchev–Trinajstić information content (AvgIpc) is 2.35. The lowest BCUT2D eigenvalue weighted by Crippen LogP contribution is -2.22. The van der Waals surface area contributed by atoms with Gasteiger partial charge in [-0.2, -0.15) is 0 Å². The standard InChI is InChI=1S/C15H17N3O2/c1-8-5-13(9(2)4-12(8)16)18-15(20)11-7-17-10(3)6-14(11)19/h4-7H,16H2,1-3H3,(H,17,19)(H,18,20). The van der Waals surface area contributed by atoms with Crippen molar-refractivity contribution in [3.05, 3.63) is 57.0 Å². The summed E-state index contributed by atoms with van der Waals surface area (Å²) in [6.45, 7) is 5.48. The molecule has 0 bridgehead atoms. The predicted molar refractivity (Wildman–Crippen MR) is 80.1 cm³/mol. The maximum absolute atomic E-state index is 12.1. The second-order valence-corrected chi connectivity index (χ2v) is 4.87. The summed E-state index contributed by atoms with van der Waals surface area (Å²) in [4.78, 5) is 26.8. The van der Waals surface area contributed by atoms with E-state index in [0.29, 0.717) is 17.1 Å². The van der Waals surface area contributed by atoms with E-state index < -0.39 is 5.91 Å². The molecule has 0 saturated heterocycles. The number of nitrogens with two attached hydrogens (primary N) is 1. The topological polar surface area (TPSA) is 88.0 Å². The Labute approximate surface area is 116 Å². The lowest BCUT2D eigenvalue weighted by molar-refractivity contribution is 0.102. The van der Waals surface area contributed by atoms with Crippen LogP contribution in [-0.2, 0) is 0 Å². The van der Waals surface area contributed by atoms with Gasteiger partial charge >= 0.3 is 0 Å². The number of amides is 1. The Bertz CT molecular complexity index is 732. The van der Waals surface area contributed by atoms with E-state index in [1.54, 1.807) is 19.1 Å². The molecule has 0 unspecified atom stereocenters. The summed E-state index contributed by atoms with van der Waals surface area (Å²) in [7, 11) is 0. The highest BCUT2D eigenvalue weighted by Gasteiger charge is 2.12. The van der Waals surface area contributed by atoms with E-state index in [1.807, 2.05) is 13.8 Å². The molecule has 0 aliphatic carbocycles. The van der Waals surface area contributed by atoms with E-state index in [1.165, 1.54) is 12.3 Å². The molecule has 2 aromatic rings. The Morgan fingerprint density at radius 2 is 1.85 bits per heavy atom. The number of aromatic nitrogens is 1. The smallest absolute Gasteiger partial charge is 0.261 e. The number of anilines is 2. The minimum absolute atomic E-state index is 0.0875. The first kappa shape index (κ1) is 13.9. The molecule has 0 spiro atoms. The second kappa shape index (κ2) is 5.21. The summed E-state index contributed by atoms with van der Waals surface area (Å²) < 4.78 is 0. The largest absolute Gasteiger partial charge is 0.399 e. The number of pyridine rings is 1. The van der Waals surface area contributed by atoms with Gasteiger partial charge in [-0.05, 0) is 44.0 Å². The average molecular weight is 271 g/mol. The lowest BCUT2D eigenvalue weighted by Gasteiger charge is -2.11. The summed E-state index contributed by atoms with van der Waals surface area (Å²) in [5, 5.41) is 2.74. The van der Waals surface area contributed by atoms with Gasteiger partial charge in [0.1, 0.15) is 5.56 Å². The van der Waals surface area contributed by atoms with Crippen molar-refractivity contribution < 1.29 is 4.79 Å². The summed E-state index contributed by atoms with van der Waals surface area (Å²) in [6, 6.07) is 4.99. The molecule has 0 radical (unpaired) electrons. The summed E-state index contributed by atoms with van der Waals surface area (Å²) in [6.07, 6.45) is 1.42. The van der Waals surface area contributed by atoms with Crippen molar-refractivity contribution >= 4 is 17.3 Å². The van der Waals surface area contributed by atoms with Crippen molar-refractivity contribution in [2.75, 3.05) is 11.1 Å². The van der Waals surface area contributed by atoms with Crippen LogP contribution in [0, 0.1) is 20.8 Å². The van der Waals surface area contributed by atoms with E-state index >= 15 is 0 Å². The summed E-state index contributed by atoms with van der Waals surface area (Å²) in [5.41, 5.74) is 9.36. The van der Waals surface area contributed by atoms with Crippen LogP contribution in [-0.4, -0.2) is 10.9 Å². The molecule has 1 aromatic carbocycles. The molecule has 20 heavy (non-hydrogen) atoms. The fourth-order valence-electron chi connectivity index (χ4n) is 1.91. The molecule has 0 fully saturated rings. The van der Waals surface area contributed by atoms with E-state index in [-0.39, 0.29) is 11.0 Å². The van der Waals surface area contributed by atoms with Gasteiger partial charge in [0.2, 0.25) is 0 Å². The van der Waals surface area contributed by atoms with Gasteiger partial charge in [0.05, 0.1) is 0 Å². The van der Waals surface area contributed by atoms with Crippen LogP contribution in [0.15, 0.2) is 29.2 Å². The second-order valence-electron chi connectivity index (χ2n) is 4.87. The quantitative estimate of drug-likeness (QED) is 0.731. The zero-order chi connectivity index (χ0) is 14.9. The van der Waals surface area contributed by atoms with Crippen LogP contribution in [0.5, 0.6) is 0 Å². The first-order valence-electron chi connectivity index (χ1n) is 6.26. The number of hydrogen-bond donors (Lipinski definition) is 3. The molecule has 104 valence electrons. The lowest BCUT2D eigenvalue weighted by atomic mass is 10.1. The van der Waals surface area contributed by atoms with Crippen LogP contribution in [0.1, 0.15) is 27.2 Å². The van der Waals surface area contributed by atoms with Gasteiger partial charge in [-0.3, -0.25) is 9.59 Å². The molecular formula is C15H17N3O2. The van der Waals surface area contributed by atoms with Crippen molar-refractivity contribution in [1.29, 1.82) is 0 Å². The monoisotopic (exact) mass is 271 g/mol. The molecule has 4 N–H and O–H groups in total. The molecule has 0 aliphatic rings. The minimum atomic E-state index is -0.432. The van der Waals surface area contributed by atoms with E-state index in [9.17, 15) is 9.59 Å². The number of rotatable bonds is 2. The van der Waals surface area contributed by atoms with Gasteiger partial charge in [-0.15, -0.1) is 0 Å². The number of benzene rings is 1. The molecule has 1 amide bonds. The Balaban J connectivity index is 2.33. The van der Waals surface area contributed by atoms with Gasteiger partial charge in [0.25, 0.3) is 5.91 Å². The fraction of sp³-hybridized carbons (Fsp3) is 0.200. The highest BCUT2D eigenvalue weighted by atomic mass is 16.2. The van der Waals surface area contributed by atoms with Crippen molar-refractivity contribution in [1.82, 2.24) is 4.98 Å². The van der Waals surface area contributed by atoms with Crippen molar-refractivity contribution in [3.8, 4) is 0 Å². The molecule has 1 aromatic heterocycles. The maximum Gasteiger partial charge on any atom is 0.261 e. The number of aryl methyl sites for hydroxylation is 3. The number of H-pyrrole nitrogens is 1. The van der Waals surface area contributed by atoms with Crippen molar-refractivity contribution in [3.63, 3.8) is 0 Å². The van der Waals surface area contributed by atoms with Crippen LogP contribution in [0.2, 0.25) is 0 Å². The first-order chi connectivity index (χ1) is 9.38. The SMILES string of the molecule is Cc1cc(=O)c(C(=O)Nc2cc(C)c(N)cc2C)c[nH]1. The highest BCUT2D eigenvalue weighted by Crippen LogP contribution is 2.22. The molecule has 0 saturated carbocycles. The number of hydrogen-bond acceptors (Lipinski definition) is 3. The number of nitrogen functional groups attached to an aromatic ring is 1. The fourth-order valence-corrected chi connectivity index (χ4v) is 1.91. The highest BCUT2D eigenvalue weighted by molar-refractivity contribution is 6.04. The van der Waals surface area contributed by atoms with Crippen molar-refractivity contribution in [2.24, 2.45) is 0 Å². The van der Waals surface area contributed by atoms with Crippen LogP contribution in [0.4, 0.5) is 11.4 Å². The number of carbonyl (C=O) groups excluding carboxylic acids is 1. The third-order valence-corrected chi connectivity index (χ3v) is 3.16. The van der Waals surface area contributed by atoms with Gasteiger partial charge in [0.15, 0.2) is 5.43 Å². The predicted octanol–water partition coefficient (Wildman–Crippen LogP) is 2.13. The molecule has 0 atom stereocenters. The summed E-state index contributed by atoms with van der Waals surface area (Å²) in [5.74, 6) is -0.432. The van der Waals surface area contributed by atoms with Gasteiger partial charge in [-0.1, -0.05) is 0 Å². The normalized spacial score (nSPS) is 10.3. The van der Waals surface area contributed by atoms with Gasteiger partial charge < -0.3 is 16.0 Å². The van der Waals surface area contributed by atoms with Crippen molar-refractivity contribution in [2.45, 2.75) is 20.8 Å². The van der Waals surface area contributed by atoms with E-state index in [2.05, 4.69) is 10.3 Å². The third kappa shape index (κ3) is 2.71. The van der Waals surface area contributed by atoms with Gasteiger partial charge in [0, 0.05) is 29.3 Å². The number of nitrogens with one attached hydrogen (secondary N) is 2. The molecular weight excluding hydrogens is 254 g/mol. The van der Waals surface area contributed by atoms with E-state index in [0.717, 1.165) is 11.1 Å². The van der Waals surface area contributed by atoms with Gasteiger partial charge in [-0.25, -0.2) is 0 Å². The zero-order valence-electron chi connectivity index (χ0n) is 11.7. The summed E-state index contributed by atoms with van der Waals surface area (Å²) >= 11 is 0. The zero-order valence-corrected chi connectivity index (χ0v) is 11.7. The first-order valence-corrected chi connectivity index (χ1v) is 6.26. The number of aromatic amines is 1. The molecule has 5 nitrogen and oxygen atoms in total. The van der Waals surface area contributed by atoms with E-state index in [4.69, 9.17) is 5.73 Å². The van der Waals surface area contributed by atoms with Crippen LogP contribution in [0.25, 0.3) is 0 Å². The Morgan fingerprint density at radius 1 is 1.15 bits per heavy atom.